The van der Waals surface area contributed by atoms with Crippen molar-refractivity contribution in [3.63, 3.8) is 0 Å². The molecule has 0 aliphatic heterocycles. The van der Waals surface area contributed by atoms with Crippen molar-refractivity contribution in [3.05, 3.63) is 52.8 Å². The molecule has 0 saturated carbocycles. The van der Waals surface area contributed by atoms with E-state index in [1.54, 1.807) is 18.0 Å². The molecule has 17 heavy (non-hydrogen) atoms. The zero-order chi connectivity index (χ0) is 12.1. The Morgan fingerprint density at radius 3 is 2.65 bits per heavy atom. The van der Waals surface area contributed by atoms with Crippen LogP contribution in [0.1, 0.15) is 5.56 Å². The van der Waals surface area contributed by atoms with Crippen LogP contribution in [0.4, 0.5) is 5.69 Å². The highest BCUT2D eigenvalue weighted by atomic mass is 79.9. The van der Waals surface area contributed by atoms with E-state index in [4.69, 9.17) is 0 Å². The van der Waals surface area contributed by atoms with E-state index in [-0.39, 0.29) is 0 Å². The predicted molar refractivity (Wildman–Crippen MR) is 77.5 cm³/mol. The van der Waals surface area contributed by atoms with E-state index in [0.717, 1.165) is 16.8 Å². The van der Waals surface area contributed by atoms with E-state index in [0.29, 0.717) is 0 Å². The maximum atomic E-state index is 4.17. The van der Waals surface area contributed by atoms with Gasteiger partial charge in [0, 0.05) is 17.6 Å². The minimum absolute atomic E-state index is 0.805. The summed E-state index contributed by atoms with van der Waals surface area (Å²) in [6.45, 7) is 0.805. The number of nitrogens with one attached hydrogen (secondary N) is 1. The lowest BCUT2D eigenvalue weighted by Gasteiger charge is -2.08. The van der Waals surface area contributed by atoms with Crippen LogP contribution in [-0.2, 0) is 6.54 Å². The molecule has 2 nitrogen and oxygen atoms in total. The lowest BCUT2D eigenvalue weighted by atomic mass is 10.2. The fourth-order valence-corrected chi connectivity index (χ4v) is 2.26. The molecule has 0 aliphatic carbocycles. The highest BCUT2D eigenvalue weighted by Gasteiger charge is 1.99. The standard InChI is InChI=1S/C13H13BrN2S/c1-17-11-6-4-10(5-7-11)9-16-12-3-2-8-15-13(12)14/h2-8,16H,9H2,1H3. The van der Waals surface area contributed by atoms with E-state index >= 15 is 0 Å². The Kier molecular flexibility index (Phi) is 4.45. The number of thioether (sulfide) groups is 1. The number of benzene rings is 1. The third-order valence-electron chi connectivity index (χ3n) is 2.40. The zero-order valence-corrected chi connectivity index (χ0v) is 11.9. The van der Waals surface area contributed by atoms with Gasteiger partial charge in [0.25, 0.3) is 0 Å². The molecule has 0 bridgehead atoms. The molecule has 0 fully saturated rings. The van der Waals surface area contributed by atoms with E-state index in [9.17, 15) is 0 Å². The third-order valence-corrected chi connectivity index (χ3v) is 3.78. The van der Waals surface area contributed by atoms with Gasteiger partial charge < -0.3 is 5.32 Å². The van der Waals surface area contributed by atoms with Crippen molar-refractivity contribution in [2.24, 2.45) is 0 Å². The lowest BCUT2D eigenvalue weighted by molar-refractivity contribution is 1.12. The number of hydrogen-bond acceptors (Lipinski definition) is 3. The molecule has 88 valence electrons. The minimum atomic E-state index is 0.805. The molecule has 2 aromatic rings. The highest BCUT2D eigenvalue weighted by molar-refractivity contribution is 9.10. The van der Waals surface area contributed by atoms with Gasteiger partial charge in [-0.15, -0.1) is 11.8 Å². The maximum absolute atomic E-state index is 4.17. The molecule has 0 atom stereocenters. The molecule has 0 unspecified atom stereocenters. The molecule has 1 heterocycles. The molecular weight excluding hydrogens is 296 g/mol. The second kappa shape index (κ2) is 6.07. The highest BCUT2D eigenvalue weighted by Crippen LogP contribution is 2.20. The van der Waals surface area contributed by atoms with Gasteiger partial charge in [0.05, 0.1) is 5.69 Å². The van der Waals surface area contributed by atoms with Gasteiger partial charge in [-0.2, -0.15) is 0 Å². The van der Waals surface area contributed by atoms with Crippen molar-refractivity contribution in [2.45, 2.75) is 11.4 Å². The van der Waals surface area contributed by atoms with Crippen molar-refractivity contribution < 1.29 is 0 Å². The molecular formula is C13H13BrN2S. The second-order valence-corrected chi connectivity index (χ2v) is 5.17. The van der Waals surface area contributed by atoms with Gasteiger partial charge in [0.1, 0.15) is 4.60 Å². The summed E-state index contributed by atoms with van der Waals surface area (Å²) in [5.74, 6) is 0. The first-order chi connectivity index (χ1) is 8.29. The summed E-state index contributed by atoms with van der Waals surface area (Å²) in [7, 11) is 0. The van der Waals surface area contributed by atoms with Crippen LogP contribution in [0, 0.1) is 0 Å². The molecule has 4 heteroatoms. The van der Waals surface area contributed by atoms with E-state index < -0.39 is 0 Å². The molecule has 0 radical (unpaired) electrons. The van der Waals surface area contributed by atoms with Crippen molar-refractivity contribution in [1.29, 1.82) is 0 Å². The molecule has 0 saturated heterocycles. The van der Waals surface area contributed by atoms with Crippen LogP contribution in [-0.4, -0.2) is 11.2 Å². The monoisotopic (exact) mass is 308 g/mol. The van der Waals surface area contributed by atoms with Crippen LogP contribution in [0.3, 0.4) is 0 Å². The van der Waals surface area contributed by atoms with Gasteiger partial charge in [-0.05, 0) is 52.0 Å². The first kappa shape index (κ1) is 12.5. The van der Waals surface area contributed by atoms with Gasteiger partial charge in [-0.25, -0.2) is 4.98 Å². The van der Waals surface area contributed by atoms with Crippen LogP contribution < -0.4 is 5.32 Å². The summed E-state index contributed by atoms with van der Waals surface area (Å²) < 4.78 is 0.848. The number of rotatable bonds is 4. The predicted octanol–water partition coefficient (Wildman–Crippen LogP) is 4.18. The normalized spacial score (nSPS) is 10.2. The third kappa shape index (κ3) is 3.48. The summed E-state index contributed by atoms with van der Waals surface area (Å²) in [6, 6.07) is 12.5. The molecule has 0 aliphatic rings. The number of nitrogens with zero attached hydrogens (tertiary/aromatic N) is 1. The van der Waals surface area contributed by atoms with Crippen LogP contribution in [0.25, 0.3) is 0 Å². The average molecular weight is 309 g/mol. The van der Waals surface area contributed by atoms with Crippen molar-refractivity contribution in [1.82, 2.24) is 4.98 Å². The van der Waals surface area contributed by atoms with E-state index in [1.807, 2.05) is 12.1 Å². The van der Waals surface area contributed by atoms with Gasteiger partial charge in [-0.3, -0.25) is 0 Å². The smallest absolute Gasteiger partial charge is 0.129 e. The van der Waals surface area contributed by atoms with Crippen LogP contribution >= 0.6 is 27.7 Å². The Balaban J connectivity index is 2.00. The first-order valence-corrected chi connectivity index (χ1v) is 7.28. The number of hydrogen-bond donors (Lipinski definition) is 1. The number of pyridine rings is 1. The zero-order valence-electron chi connectivity index (χ0n) is 9.48. The van der Waals surface area contributed by atoms with Gasteiger partial charge >= 0.3 is 0 Å². The second-order valence-electron chi connectivity index (χ2n) is 3.54. The first-order valence-electron chi connectivity index (χ1n) is 5.27. The molecule has 0 spiro atoms. The molecule has 1 aromatic carbocycles. The fraction of sp³-hybridized carbons (Fsp3) is 0.154. The Morgan fingerprint density at radius 2 is 2.00 bits per heavy atom. The van der Waals surface area contributed by atoms with Crippen molar-refractivity contribution in [3.8, 4) is 0 Å². The van der Waals surface area contributed by atoms with Gasteiger partial charge in [-0.1, -0.05) is 12.1 Å². The summed E-state index contributed by atoms with van der Waals surface area (Å²) in [4.78, 5) is 5.46. The summed E-state index contributed by atoms with van der Waals surface area (Å²) in [6.07, 6.45) is 3.85. The van der Waals surface area contributed by atoms with Crippen LogP contribution in [0.15, 0.2) is 52.1 Å². The van der Waals surface area contributed by atoms with Gasteiger partial charge in [0.15, 0.2) is 0 Å². The Hall–Kier alpha value is -1.00. The molecule has 2 rings (SSSR count). The summed E-state index contributed by atoms with van der Waals surface area (Å²) >= 11 is 5.17. The van der Waals surface area contributed by atoms with Crippen LogP contribution in [0.5, 0.6) is 0 Å². The van der Waals surface area contributed by atoms with Crippen molar-refractivity contribution >= 4 is 33.4 Å². The quantitative estimate of drug-likeness (QED) is 0.677. The van der Waals surface area contributed by atoms with Gasteiger partial charge in [0.2, 0.25) is 0 Å². The lowest BCUT2D eigenvalue weighted by Crippen LogP contribution is -2.00. The Bertz CT molecular complexity index is 485. The maximum Gasteiger partial charge on any atom is 0.129 e. The summed E-state index contributed by atoms with van der Waals surface area (Å²) in [5, 5.41) is 3.35. The fourth-order valence-electron chi connectivity index (χ4n) is 1.46. The van der Waals surface area contributed by atoms with Crippen LogP contribution in [0.2, 0.25) is 0 Å². The average Bonchev–Trinajstić information content (AvgIpc) is 2.38. The Morgan fingerprint density at radius 1 is 1.24 bits per heavy atom. The molecule has 1 N–H and O–H groups in total. The number of halogens is 1. The summed E-state index contributed by atoms with van der Waals surface area (Å²) in [5.41, 5.74) is 2.28. The SMILES string of the molecule is CSc1ccc(CNc2cccnc2Br)cc1. The van der Waals surface area contributed by atoms with E-state index in [1.165, 1.54) is 10.5 Å². The van der Waals surface area contributed by atoms with Crippen molar-refractivity contribution in [2.75, 3.05) is 11.6 Å². The number of aromatic nitrogens is 1. The van der Waals surface area contributed by atoms with E-state index in [2.05, 4.69) is 56.8 Å². The Labute approximate surface area is 114 Å². The minimum Gasteiger partial charge on any atom is -0.379 e. The topological polar surface area (TPSA) is 24.9 Å². The molecule has 0 amide bonds. The molecule has 1 aromatic heterocycles. The largest absolute Gasteiger partial charge is 0.379 e. The number of anilines is 1.